The number of hydrogen-bond acceptors (Lipinski definition) is 2. The third kappa shape index (κ3) is 9.84. The van der Waals surface area contributed by atoms with Gasteiger partial charge in [0, 0.05) is 0 Å². The number of nitrogens with zero attached hydrogens (tertiary/aromatic N) is 1. The molecule has 0 saturated carbocycles. The highest BCUT2D eigenvalue weighted by molar-refractivity contribution is 4.62. The van der Waals surface area contributed by atoms with Crippen LogP contribution in [0.3, 0.4) is 0 Å². The zero-order valence-electron chi connectivity index (χ0n) is 9.77. The first kappa shape index (κ1) is 12.9. The van der Waals surface area contributed by atoms with Crippen LogP contribution in [-0.2, 0) is 0 Å². The Labute approximate surface area is 83.5 Å². The lowest BCUT2D eigenvalue weighted by atomic mass is 9.90. The van der Waals surface area contributed by atoms with E-state index in [1.807, 2.05) is 0 Å². The number of rotatable bonds is 6. The minimum atomic E-state index is 0.481. The summed E-state index contributed by atoms with van der Waals surface area (Å²) in [4.78, 5) is 2.37. The van der Waals surface area contributed by atoms with E-state index in [1.54, 1.807) is 0 Å². The largest absolute Gasteiger partial charge is 0.330 e. The van der Waals surface area contributed by atoms with E-state index in [0.29, 0.717) is 5.41 Å². The second kappa shape index (κ2) is 6.39. The van der Waals surface area contributed by atoms with Gasteiger partial charge in [0.25, 0.3) is 0 Å². The van der Waals surface area contributed by atoms with Gasteiger partial charge < -0.3 is 10.6 Å². The molecule has 0 amide bonds. The van der Waals surface area contributed by atoms with Gasteiger partial charge in [-0.1, -0.05) is 20.8 Å². The molecule has 0 spiro atoms. The van der Waals surface area contributed by atoms with Crippen LogP contribution in [0.4, 0.5) is 0 Å². The Balaban J connectivity index is 3.31. The third-order valence-corrected chi connectivity index (χ3v) is 2.21. The second-order valence-corrected chi connectivity index (χ2v) is 5.11. The second-order valence-electron chi connectivity index (χ2n) is 5.11. The van der Waals surface area contributed by atoms with Crippen molar-refractivity contribution in [3.05, 3.63) is 0 Å². The van der Waals surface area contributed by atoms with Crippen LogP contribution in [0.1, 0.15) is 40.0 Å². The van der Waals surface area contributed by atoms with Crippen molar-refractivity contribution in [1.29, 1.82) is 0 Å². The summed E-state index contributed by atoms with van der Waals surface area (Å²) >= 11 is 0. The van der Waals surface area contributed by atoms with E-state index in [9.17, 15) is 0 Å². The van der Waals surface area contributed by atoms with Crippen LogP contribution in [0.5, 0.6) is 0 Å². The van der Waals surface area contributed by atoms with E-state index in [4.69, 9.17) is 5.73 Å². The molecule has 0 atom stereocenters. The Morgan fingerprint density at radius 2 is 1.62 bits per heavy atom. The minimum absolute atomic E-state index is 0.481. The molecule has 0 bridgehead atoms. The molecule has 0 heterocycles. The summed E-state index contributed by atoms with van der Waals surface area (Å²) in [6.07, 6.45) is 3.72. The summed E-state index contributed by atoms with van der Waals surface area (Å²) in [5.41, 5.74) is 5.93. The van der Waals surface area contributed by atoms with Crippen molar-refractivity contribution in [2.45, 2.75) is 40.0 Å². The molecule has 0 fully saturated rings. The molecule has 2 heteroatoms. The van der Waals surface area contributed by atoms with Crippen molar-refractivity contribution in [2.24, 2.45) is 11.1 Å². The predicted molar refractivity (Wildman–Crippen MR) is 59.9 cm³/mol. The lowest BCUT2D eigenvalue weighted by Gasteiger charge is -2.21. The summed E-state index contributed by atoms with van der Waals surface area (Å²) in [6, 6.07) is 0. The standard InChI is InChI=1S/C11H26N2/c1-11(2,3)7-5-9-13(4)10-6-8-12/h5-10,12H2,1-4H3. The molecule has 0 saturated heterocycles. The van der Waals surface area contributed by atoms with Gasteiger partial charge in [-0.2, -0.15) is 0 Å². The minimum Gasteiger partial charge on any atom is -0.330 e. The highest BCUT2D eigenvalue weighted by Gasteiger charge is 2.09. The molecule has 0 rings (SSSR count). The van der Waals surface area contributed by atoms with Gasteiger partial charge in [0.15, 0.2) is 0 Å². The quantitative estimate of drug-likeness (QED) is 0.688. The zero-order chi connectivity index (χ0) is 10.3. The Morgan fingerprint density at radius 1 is 1.08 bits per heavy atom. The highest BCUT2D eigenvalue weighted by Crippen LogP contribution is 2.20. The fourth-order valence-electron chi connectivity index (χ4n) is 1.35. The first-order valence-electron chi connectivity index (χ1n) is 5.34. The van der Waals surface area contributed by atoms with E-state index in [0.717, 1.165) is 19.5 Å². The first-order chi connectivity index (χ1) is 5.95. The molecule has 0 aromatic carbocycles. The summed E-state index contributed by atoms with van der Waals surface area (Å²) in [7, 11) is 2.18. The van der Waals surface area contributed by atoms with Crippen LogP contribution in [0.2, 0.25) is 0 Å². The average molecular weight is 186 g/mol. The van der Waals surface area contributed by atoms with E-state index >= 15 is 0 Å². The molecule has 2 nitrogen and oxygen atoms in total. The number of hydrogen-bond donors (Lipinski definition) is 1. The van der Waals surface area contributed by atoms with Crippen molar-refractivity contribution < 1.29 is 0 Å². The van der Waals surface area contributed by atoms with Crippen molar-refractivity contribution in [2.75, 3.05) is 26.7 Å². The predicted octanol–water partition coefficient (Wildman–Crippen LogP) is 2.09. The molecule has 13 heavy (non-hydrogen) atoms. The van der Waals surface area contributed by atoms with Crippen LogP contribution in [0, 0.1) is 5.41 Å². The van der Waals surface area contributed by atoms with Crippen molar-refractivity contribution >= 4 is 0 Å². The van der Waals surface area contributed by atoms with E-state index in [1.165, 1.54) is 19.4 Å². The molecule has 0 aromatic rings. The third-order valence-electron chi connectivity index (χ3n) is 2.21. The van der Waals surface area contributed by atoms with Gasteiger partial charge in [0.05, 0.1) is 0 Å². The highest BCUT2D eigenvalue weighted by atomic mass is 15.1. The molecule has 0 unspecified atom stereocenters. The van der Waals surface area contributed by atoms with Gasteiger partial charge >= 0.3 is 0 Å². The Morgan fingerprint density at radius 3 is 2.08 bits per heavy atom. The lowest BCUT2D eigenvalue weighted by Crippen LogP contribution is -2.23. The normalized spacial score (nSPS) is 12.5. The van der Waals surface area contributed by atoms with Crippen LogP contribution < -0.4 is 5.73 Å². The fraction of sp³-hybridized carbons (Fsp3) is 1.00. The molecular formula is C11H26N2. The molecule has 0 aliphatic heterocycles. The SMILES string of the molecule is CN(CCCN)CCCC(C)(C)C. The van der Waals surface area contributed by atoms with E-state index < -0.39 is 0 Å². The lowest BCUT2D eigenvalue weighted by molar-refractivity contribution is 0.286. The topological polar surface area (TPSA) is 29.3 Å². The maximum absolute atomic E-state index is 5.45. The van der Waals surface area contributed by atoms with E-state index in [2.05, 4.69) is 32.7 Å². The Hall–Kier alpha value is -0.0800. The zero-order valence-corrected chi connectivity index (χ0v) is 9.77. The molecule has 0 aliphatic carbocycles. The average Bonchev–Trinajstić information content (AvgIpc) is 1.98. The summed E-state index contributed by atoms with van der Waals surface area (Å²) in [5, 5.41) is 0. The van der Waals surface area contributed by atoms with Crippen molar-refractivity contribution in [3.63, 3.8) is 0 Å². The first-order valence-corrected chi connectivity index (χ1v) is 5.34. The summed E-state index contributed by atoms with van der Waals surface area (Å²) in [6.45, 7) is 10.0. The smallest absolute Gasteiger partial charge is 0.000977 e. The molecule has 0 aromatic heterocycles. The maximum Gasteiger partial charge on any atom is -0.000977 e. The van der Waals surface area contributed by atoms with Gasteiger partial charge in [-0.3, -0.25) is 0 Å². The fourth-order valence-corrected chi connectivity index (χ4v) is 1.35. The maximum atomic E-state index is 5.45. The summed E-state index contributed by atoms with van der Waals surface area (Å²) in [5.74, 6) is 0. The van der Waals surface area contributed by atoms with Crippen molar-refractivity contribution in [1.82, 2.24) is 4.90 Å². The molecule has 2 N–H and O–H groups in total. The molecule has 0 aliphatic rings. The summed E-state index contributed by atoms with van der Waals surface area (Å²) < 4.78 is 0. The van der Waals surface area contributed by atoms with Crippen LogP contribution in [0.15, 0.2) is 0 Å². The van der Waals surface area contributed by atoms with Crippen LogP contribution in [0.25, 0.3) is 0 Å². The Bertz CT molecular complexity index is 116. The van der Waals surface area contributed by atoms with E-state index in [-0.39, 0.29) is 0 Å². The molecule has 80 valence electrons. The van der Waals surface area contributed by atoms with Crippen LogP contribution >= 0.6 is 0 Å². The van der Waals surface area contributed by atoms with Gasteiger partial charge in [-0.05, 0) is 51.4 Å². The van der Waals surface area contributed by atoms with Crippen molar-refractivity contribution in [3.8, 4) is 0 Å². The monoisotopic (exact) mass is 186 g/mol. The Kier molecular flexibility index (Phi) is 6.35. The van der Waals surface area contributed by atoms with Crippen LogP contribution in [-0.4, -0.2) is 31.6 Å². The van der Waals surface area contributed by atoms with Gasteiger partial charge in [0.1, 0.15) is 0 Å². The number of nitrogens with two attached hydrogens (primary N) is 1. The molecular weight excluding hydrogens is 160 g/mol. The van der Waals surface area contributed by atoms with Gasteiger partial charge in [0.2, 0.25) is 0 Å². The van der Waals surface area contributed by atoms with Gasteiger partial charge in [-0.15, -0.1) is 0 Å². The van der Waals surface area contributed by atoms with Gasteiger partial charge in [-0.25, -0.2) is 0 Å². The molecule has 0 radical (unpaired) electrons.